The Hall–Kier alpha value is -2.64. The van der Waals surface area contributed by atoms with E-state index in [-0.39, 0.29) is 35.8 Å². The summed E-state index contributed by atoms with van der Waals surface area (Å²) in [5.74, 6) is -2.18. The van der Waals surface area contributed by atoms with Crippen molar-refractivity contribution in [2.24, 2.45) is 5.92 Å². The minimum Gasteiger partial charge on any atom is -0.339 e. The third kappa shape index (κ3) is 2.18. The van der Waals surface area contributed by atoms with E-state index >= 15 is 0 Å². The van der Waals surface area contributed by atoms with Crippen LogP contribution in [0.1, 0.15) is 30.9 Å². The van der Waals surface area contributed by atoms with Gasteiger partial charge < -0.3 is 5.32 Å². The molecular formula is C13H12N4O4. The molecule has 1 saturated carbocycles. The fraction of sp³-hybridized carbons (Fsp3) is 0.385. The molecule has 0 spiro atoms. The molecule has 108 valence electrons. The van der Waals surface area contributed by atoms with Crippen LogP contribution in [0.2, 0.25) is 0 Å². The molecule has 1 fully saturated rings. The molecule has 1 atom stereocenters. The number of rotatable bonds is 2. The number of ketones is 2. The lowest BCUT2D eigenvalue weighted by Gasteiger charge is -2.28. The summed E-state index contributed by atoms with van der Waals surface area (Å²) in [4.78, 5) is 43.1. The highest BCUT2D eigenvalue weighted by molar-refractivity contribution is 6.05. The highest BCUT2D eigenvalue weighted by Crippen LogP contribution is 2.40. The average Bonchev–Trinajstić information content (AvgIpc) is 2.46. The van der Waals surface area contributed by atoms with Crippen molar-refractivity contribution in [3.63, 3.8) is 0 Å². The number of nitro groups is 1. The molecule has 8 nitrogen and oxygen atoms in total. The van der Waals surface area contributed by atoms with E-state index in [4.69, 9.17) is 0 Å². The van der Waals surface area contributed by atoms with Gasteiger partial charge in [0.2, 0.25) is 0 Å². The van der Waals surface area contributed by atoms with E-state index in [0.717, 1.165) is 0 Å². The molecule has 2 aliphatic rings. The number of nitrogens with one attached hydrogen (secondary N) is 1. The van der Waals surface area contributed by atoms with Gasteiger partial charge in [0.25, 0.3) is 5.70 Å². The van der Waals surface area contributed by atoms with E-state index in [2.05, 4.69) is 15.3 Å². The summed E-state index contributed by atoms with van der Waals surface area (Å²) in [5.41, 5.74) is 0.0527. The van der Waals surface area contributed by atoms with E-state index in [1.807, 2.05) is 0 Å². The molecular weight excluding hydrogens is 276 g/mol. The van der Waals surface area contributed by atoms with Crippen LogP contribution in [0.4, 0.5) is 5.82 Å². The van der Waals surface area contributed by atoms with Gasteiger partial charge in [-0.25, -0.2) is 4.98 Å². The zero-order valence-corrected chi connectivity index (χ0v) is 11.0. The van der Waals surface area contributed by atoms with E-state index < -0.39 is 16.8 Å². The van der Waals surface area contributed by atoms with Crippen molar-refractivity contribution in [3.8, 4) is 0 Å². The van der Waals surface area contributed by atoms with Gasteiger partial charge >= 0.3 is 0 Å². The van der Waals surface area contributed by atoms with Gasteiger partial charge in [0.05, 0.1) is 22.7 Å². The molecule has 3 rings (SSSR count). The fourth-order valence-electron chi connectivity index (χ4n) is 2.85. The lowest BCUT2D eigenvalue weighted by molar-refractivity contribution is -0.431. The normalized spacial score (nSPS) is 22.3. The van der Waals surface area contributed by atoms with E-state index in [1.165, 1.54) is 18.6 Å². The van der Waals surface area contributed by atoms with Crippen LogP contribution in [0, 0.1) is 16.0 Å². The number of anilines is 1. The smallest absolute Gasteiger partial charge is 0.272 e. The highest BCUT2D eigenvalue weighted by Gasteiger charge is 2.47. The van der Waals surface area contributed by atoms with Gasteiger partial charge in [-0.2, -0.15) is 0 Å². The number of fused-ring (bicyclic) bond motifs is 1. The second-order valence-corrected chi connectivity index (χ2v) is 5.00. The largest absolute Gasteiger partial charge is 0.339 e. The minimum absolute atomic E-state index is 0.225. The second-order valence-electron chi connectivity index (χ2n) is 5.00. The van der Waals surface area contributed by atoms with Crippen molar-refractivity contribution in [2.75, 3.05) is 5.32 Å². The van der Waals surface area contributed by atoms with Gasteiger partial charge in [0.15, 0.2) is 5.82 Å². The van der Waals surface area contributed by atoms with Crippen LogP contribution in [0.3, 0.4) is 0 Å². The van der Waals surface area contributed by atoms with Gasteiger partial charge in [-0.1, -0.05) is 0 Å². The fourth-order valence-corrected chi connectivity index (χ4v) is 2.85. The zero-order chi connectivity index (χ0) is 15.0. The molecule has 1 aromatic rings. The van der Waals surface area contributed by atoms with Crippen molar-refractivity contribution in [3.05, 3.63) is 40.1 Å². The van der Waals surface area contributed by atoms with Gasteiger partial charge in [0, 0.05) is 25.2 Å². The van der Waals surface area contributed by atoms with E-state index in [0.29, 0.717) is 12.2 Å². The summed E-state index contributed by atoms with van der Waals surface area (Å²) in [6, 6.07) is 0. The van der Waals surface area contributed by atoms with Gasteiger partial charge in [-0.3, -0.25) is 24.7 Å². The maximum Gasteiger partial charge on any atom is 0.272 e. The standard InChI is InChI=1S/C13H12N4O4/c18-8-2-1-3-9(19)11(8)10-7(17(20)21)6-16-13-12(10)14-4-5-15-13/h4-6,10-11H,1-3H2,(H,15,16). The van der Waals surface area contributed by atoms with Crippen molar-refractivity contribution < 1.29 is 14.5 Å². The predicted octanol–water partition coefficient (Wildman–Crippen LogP) is 1.04. The summed E-state index contributed by atoms with van der Waals surface area (Å²) in [6.07, 6.45) is 5.06. The first-order valence-corrected chi connectivity index (χ1v) is 6.57. The lowest BCUT2D eigenvalue weighted by atomic mass is 9.74. The highest BCUT2D eigenvalue weighted by atomic mass is 16.6. The molecule has 1 N–H and O–H groups in total. The monoisotopic (exact) mass is 288 g/mol. The Balaban J connectivity index is 2.12. The van der Waals surface area contributed by atoms with Gasteiger partial charge in [-0.15, -0.1) is 0 Å². The molecule has 1 unspecified atom stereocenters. The van der Waals surface area contributed by atoms with Crippen molar-refractivity contribution >= 4 is 17.4 Å². The SMILES string of the molecule is O=C1CCCC(=O)C1C1C([N+](=O)[O-])=CNc2nccnc21. The molecule has 0 radical (unpaired) electrons. The second kappa shape index (κ2) is 5.04. The van der Waals surface area contributed by atoms with Crippen LogP contribution in [-0.4, -0.2) is 26.5 Å². The number of Topliss-reactive ketones (excluding diaryl/α,β-unsaturated/α-hetero) is 2. The summed E-state index contributed by atoms with van der Waals surface area (Å²) in [7, 11) is 0. The van der Waals surface area contributed by atoms with Crippen LogP contribution in [-0.2, 0) is 9.59 Å². The molecule has 1 aliphatic carbocycles. The lowest BCUT2D eigenvalue weighted by Crippen LogP contribution is -2.37. The maximum atomic E-state index is 12.1. The molecule has 8 heteroatoms. The van der Waals surface area contributed by atoms with Gasteiger partial charge in [0.1, 0.15) is 17.5 Å². The average molecular weight is 288 g/mol. The number of hydrogen-bond donors (Lipinski definition) is 1. The van der Waals surface area contributed by atoms with Crippen molar-refractivity contribution in [1.82, 2.24) is 9.97 Å². The topological polar surface area (TPSA) is 115 Å². The number of nitrogens with zero attached hydrogens (tertiary/aromatic N) is 3. The number of hydrogen-bond acceptors (Lipinski definition) is 7. The Morgan fingerprint density at radius 1 is 1.14 bits per heavy atom. The summed E-state index contributed by atoms with van der Waals surface area (Å²) in [5, 5.41) is 13.9. The first-order valence-electron chi connectivity index (χ1n) is 6.57. The molecule has 0 saturated heterocycles. The first kappa shape index (κ1) is 13.3. The summed E-state index contributed by atoms with van der Waals surface area (Å²) in [6.45, 7) is 0. The van der Waals surface area contributed by atoms with E-state index in [9.17, 15) is 19.7 Å². The molecule has 1 aliphatic heterocycles. The van der Waals surface area contributed by atoms with Gasteiger partial charge in [-0.05, 0) is 6.42 Å². The molecule has 21 heavy (non-hydrogen) atoms. The third-order valence-electron chi connectivity index (χ3n) is 3.78. The molecule has 0 bridgehead atoms. The Kier molecular flexibility index (Phi) is 3.20. The number of allylic oxidation sites excluding steroid dienone is 1. The van der Waals surface area contributed by atoms with Crippen LogP contribution < -0.4 is 5.32 Å². The van der Waals surface area contributed by atoms with Crippen molar-refractivity contribution in [1.29, 1.82) is 0 Å². The molecule has 0 amide bonds. The Morgan fingerprint density at radius 3 is 2.48 bits per heavy atom. The first-order chi connectivity index (χ1) is 10.1. The van der Waals surface area contributed by atoms with Crippen LogP contribution >= 0.6 is 0 Å². The predicted molar refractivity (Wildman–Crippen MR) is 70.8 cm³/mol. The van der Waals surface area contributed by atoms with Crippen molar-refractivity contribution in [2.45, 2.75) is 25.2 Å². The Bertz CT molecular complexity index is 654. The zero-order valence-electron chi connectivity index (χ0n) is 11.0. The summed E-state index contributed by atoms with van der Waals surface area (Å²) < 4.78 is 0. The van der Waals surface area contributed by atoms with Crippen LogP contribution in [0.5, 0.6) is 0 Å². The quantitative estimate of drug-likeness (QED) is 0.491. The molecule has 0 aromatic carbocycles. The Morgan fingerprint density at radius 2 is 1.81 bits per heavy atom. The number of aromatic nitrogens is 2. The van der Waals surface area contributed by atoms with Crippen LogP contribution in [0.25, 0.3) is 0 Å². The molecule has 1 aromatic heterocycles. The number of carbonyl (C=O) groups excluding carboxylic acids is 2. The Labute approximate surface area is 119 Å². The summed E-state index contributed by atoms with van der Waals surface area (Å²) >= 11 is 0. The minimum atomic E-state index is -1.03. The molecule has 2 heterocycles. The van der Waals surface area contributed by atoms with Crippen LogP contribution in [0.15, 0.2) is 24.3 Å². The maximum absolute atomic E-state index is 12.1. The third-order valence-corrected chi connectivity index (χ3v) is 3.78. The number of carbonyl (C=O) groups is 2. The van der Waals surface area contributed by atoms with E-state index in [1.54, 1.807) is 0 Å².